The lowest BCUT2D eigenvalue weighted by atomic mass is 10.1. The summed E-state index contributed by atoms with van der Waals surface area (Å²) in [6.45, 7) is 2.23. The molecule has 0 aliphatic carbocycles. The monoisotopic (exact) mass is 442 g/mol. The number of ether oxygens (including phenoxy) is 4. The van der Waals surface area contributed by atoms with Gasteiger partial charge in [0.25, 0.3) is 0 Å². The second kappa shape index (κ2) is 10.0. The molecule has 9 heteroatoms. The molecule has 3 rings (SSSR count). The van der Waals surface area contributed by atoms with Gasteiger partial charge in [-0.15, -0.1) is 0 Å². The van der Waals surface area contributed by atoms with Crippen molar-refractivity contribution in [2.45, 2.75) is 13.3 Å². The molecule has 1 heterocycles. The molecule has 170 valence electrons. The van der Waals surface area contributed by atoms with Crippen molar-refractivity contribution in [3.05, 3.63) is 42.0 Å². The van der Waals surface area contributed by atoms with Gasteiger partial charge in [0.2, 0.25) is 17.6 Å². The number of hydrogen-bond donors (Lipinski definition) is 1. The largest absolute Gasteiger partial charge is 0.493 e. The van der Waals surface area contributed by atoms with Crippen LogP contribution in [0.25, 0.3) is 0 Å². The third kappa shape index (κ3) is 4.77. The summed E-state index contributed by atoms with van der Waals surface area (Å²) in [4.78, 5) is 38.7. The Balaban J connectivity index is 1.71. The van der Waals surface area contributed by atoms with Gasteiger partial charge in [-0.25, -0.2) is 4.79 Å². The second-order valence-corrected chi connectivity index (χ2v) is 7.08. The zero-order valence-corrected chi connectivity index (χ0v) is 18.5. The lowest BCUT2D eigenvalue weighted by Gasteiger charge is -2.20. The van der Waals surface area contributed by atoms with Gasteiger partial charge in [-0.05, 0) is 31.2 Å². The zero-order valence-electron chi connectivity index (χ0n) is 18.5. The molecule has 1 aliphatic heterocycles. The SMILES string of the molecule is CCOC(=O)c1ccc(NC(=O)C2CC(=O)N(c3cc(OC)c(OC)c(OC)c3)C2)cc1. The fourth-order valence-electron chi connectivity index (χ4n) is 3.50. The molecule has 9 nitrogen and oxygen atoms in total. The molecule has 1 aliphatic rings. The maximum absolute atomic E-state index is 12.8. The number of carbonyl (C=O) groups excluding carboxylic acids is 3. The first-order chi connectivity index (χ1) is 15.4. The summed E-state index contributed by atoms with van der Waals surface area (Å²) >= 11 is 0. The first-order valence-electron chi connectivity index (χ1n) is 10.1. The molecule has 2 amide bonds. The van der Waals surface area contributed by atoms with Crippen LogP contribution in [0.15, 0.2) is 36.4 Å². The Bertz CT molecular complexity index is 979. The summed E-state index contributed by atoms with van der Waals surface area (Å²) in [6, 6.07) is 9.75. The van der Waals surface area contributed by atoms with Crippen LogP contribution < -0.4 is 24.4 Å². The fraction of sp³-hybridized carbons (Fsp3) is 0.348. The Labute approximate surface area is 186 Å². The molecule has 2 aromatic rings. The first-order valence-corrected chi connectivity index (χ1v) is 10.1. The fourth-order valence-corrected chi connectivity index (χ4v) is 3.50. The molecule has 0 aromatic heterocycles. The standard InChI is InChI=1S/C23H26N2O7/c1-5-32-23(28)14-6-8-16(9-7-14)24-22(27)15-10-20(26)25(13-15)17-11-18(29-2)21(31-4)19(12-17)30-3/h6-9,11-12,15H,5,10,13H2,1-4H3,(H,24,27). The van der Waals surface area contributed by atoms with E-state index in [-0.39, 0.29) is 31.4 Å². The summed E-state index contributed by atoms with van der Waals surface area (Å²) in [5.74, 6) is -0.159. The second-order valence-electron chi connectivity index (χ2n) is 7.08. The first kappa shape index (κ1) is 22.9. The smallest absolute Gasteiger partial charge is 0.338 e. The Morgan fingerprint density at radius 1 is 1.03 bits per heavy atom. The molecule has 32 heavy (non-hydrogen) atoms. The highest BCUT2D eigenvalue weighted by atomic mass is 16.5. The average molecular weight is 442 g/mol. The quantitative estimate of drug-likeness (QED) is 0.627. The van der Waals surface area contributed by atoms with Crippen molar-refractivity contribution < 1.29 is 33.3 Å². The molecule has 1 N–H and O–H groups in total. The molecule has 2 aromatic carbocycles. The number of nitrogens with one attached hydrogen (secondary N) is 1. The van der Waals surface area contributed by atoms with Crippen molar-refractivity contribution in [3.63, 3.8) is 0 Å². The minimum Gasteiger partial charge on any atom is -0.493 e. The van der Waals surface area contributed by atoms with Crippen LogP contribution in [0.2, 0.25) is 0 Å². The molecule has 0 saturated carbocycles. The van der Waals surface area contributed by atoms with Crippen molar-refractivity contribution in [1.82, 2.24) is 0 Å². The van der Waals surface area contributed by atoms with Gasteiger partial charge in [-0.3, -0.25) is 9.59 Å². The lowest BCUT2D eigenvalue weighted by molar-refractivity contribution is -0.122. The Kier molecular flexibility index (Phi) is 7.19. The molecule has 0 bridgehead atoms. The van der Waals surface area contributed by atoms with Gasteiger partial charge in [0.1, 0.15) is 0 Å². The predicted molar refractivity (Wildman–Crippen MR) is 118 cm³/mol. The Morgan fingerprint density at radius 3 is 2.19 bits per heavy atom. The number of amides is 2. The molecular weight excluding hydrogens is 416 g/mol. The molecule has 1 saturated heterocycles. The van der Waals surface area contributed by atoms with Gasteiger partial charge < -0.3 is 29.2 Å². The van der Waals surface area contributed by atoms with Crippen molar-refractivity contribution in [1.29, 1.82) is 0 Å². The number of methoxy groups -OCH3 is 3. The zero-order chi connectivity index (χ0) is 23.3. The minimum atomic E-state index is -0.536. The van der Waals surface area contributed by atoms with Crippen molar-refractivity contribution >= 4 is 29.2 Å². The summed E-state index contributed by atoms with van der Waals surface area (Å²) < 4.78 is 21.0. The maximum Gasteiger partial charge on any atom is 0.338 e. The van der Waals surface area contributed by atoms with Gasteiger partial charge in [-0.2, -0.15) is 0 Å². The van der Waals surface area contributed by atoms with E-state index in [9.17, 15) is 14.4 Å². The summed E-state index contributed by atoms with van der Waals surface area (Å²) in [7, 11) is 4.49. The summed E-state index contributed by atoms with van der Waals surface area (Å²) in [5, 5.41) is 2.80. The normalized spacial score (nSPS) is 15.3. The van der Waals surface area contributed by atoms with Crippen LogP contribution in [0, 0.1) is 5.92 Å². The summed E-state index contributed by atoms with van der Waals surface area (Å²) in [5.41, 5.74) is 1.48. The molecule has 1 atom stereocenters. The van der Waals surface area contributed by atoms with Gasteiger partial charge in [0.05, 0.1) is 45.1 Å². The highest BCUT2D eigenvalue weighted by Crippen LogP contribution is 2.42. The van der Waals surface area contributed by atoms with Crippen LogP contribution in [-0.2, 0) is 14.3 Å². The number of benzene rings is 2. The molecule has 1 fully saturated rings. The highest BCUT2D eigenvalue weighted by molar-refractivity contribution is 6.04. The highest BCUT2D eigenvalue weighted by Gasteiger charge is 2.36. The van der Waals surface area contributed by atoms with E-state index in [1.54, 1.807) is 43.3 Å². The van der Waals surface area contributed by atoms with E-state index in [0.29, 0.717) is 34.2 Å². The van der Waals surface area contributed by atoms with Crippen molar-refractivity contribution in [2.24, 2.45) is 5.92 Å². The van der Waals surface area contributed by atoms with E-state index in [1.165, 1.54) is 26.2 Å². The minimum absolute atomic E-state index is 0.0728. The van der Waals surface area contributed by atoms with Gasteiger partial charge in [-0.1, -0.05) is 0 Å². The van der Waals surface area contributed by atoms with Gasteiger partial charge in [0, 0.05) is 30.8 Å². The van der Waals surface area contributed by atoms with E-state index >= 15 is 0 Å². The Morgan fingerprint density at radius 2 is 1.66 bits per heavy atom. The Hall–Kier alpha value is -3.75. The average Bonchev–Trinajstić information content (AvgIpc) is 3.20. The van der Waals surface area contributed by atoms with Crippen LogP contribution >= 0.6 is 0 Å². The van der Waals surface area contributed by atoms with Crippen LogP contribution in [0.5, 0.6) is 17.2 Å². The number of rotatable bonds is 8. The van der Waals surface area contributed by atoms with Crippen molar-refractivity contribution in [3.8, 4) is 17.2 Å². The molecule has 0 spiro atoms. The van der Waals surface area contributed by atoms with Crippen LogP contribution in [0.3, 0.4) is 0 Å². The van der Waals surface area contributed by atoms with Crippen LogP contribution in [-0.4, -0.2) is 52.3 Å². The third-order valence-corrected chi connectivity index (χ3v) is 5.12. The number of hydrogen-bond acceptors (Lipinski definition) is 7. The van der Waals surface area contributed by atoms with E-state index < -0.39 is 11.9 Å². The number of esters is 1. The third-order valence-electron chi connectivity index (χ3n) is 5.12. The molecule has 1 unspecified atom stereocenters. The van der Waals surface area contributed by atoms with E-state index in [0.717, 1.165) is 0 Å². The number of nitrogens with zero attached hydrogens (tertiary/aromatic N) is 1. The van der Waals surface area contributed by atoms with E-state index in [1.807, 2.05) is 0 Å². The number of carbonyl (C=O) groups is 3. The molecular formula is C23H26N2O7. The van der Waals surface area contributed by atoms with Crippen LogP contribution in [0.4, 0.5) is 11.4 Å². The van der Waals surface area contributed by atoms with Gasteiger partial charge in [0.15, 0.2) is 11.5 Å². The topological polar surface area (TPSA) is 103 Å². The summed E-state index contributed by atoms with van der Waals surface area (Å²) in [6.07, 6.45) is 0.0728. The van der Waals surface area contributed by atoms with E-state index in [4.69, 9.17) is 18.9 Å². The predicted octanol–water partition coefficient (Wildman–Crippen LogP) is 2.88. The van der Waals surface area contributed by atoms with Crippen LogP contribution in [0.1, 0.15) is 23.7 Å². The molecule has 0 radical (unpaired) electrons. The van der Waals surface area contributed by atoms with E-state index in [2.05, 4.69) is 5.32 Å². The van der Waals surface area contributed by atoms with Gasteiger partial charge >= 0.3 is 5.97 Å². The maximum atomic E-state index is 12.8. The number of anilines is 2. The van der Waals surface area contributed by atoms with Crippen molar-refractivity contribution in [2.75, 3.05) is 44.7 Å². The lowest BCUT2D eigenvalue weighted by Crippen LogP contribution is -2.28.